The molecule has 1 amide bonds. The van der Waals surface area contributed by atoms with Crippen molar-refractivity contribution in [2.24, 2.45) is 0 Å². The van der Waals surface area contributed by atoms with E-state index in [1.165, 1.54) is 0 Å². The molecule has 1 aromatic carbocycles. The summed E-state index contributed by atoms with van der Waals surface area (Å²) >= 11 is 0. The van der Waals surface area contributed by atoms with Gasteiger partial charge in [-0.1, -0.05) is 12.0 Å². The number of nitrogen functional groups attached to an aromatic ring is 1. The second kappa shape index (κ2) is 5.49. The predicted octanol–water partition coefficient (Wildman–Crippen LogP) is 1.70. The van der Waals surface area contributed by atoms with Gasteiger partial charge in [-0.25, -0.2) is 0 Å². The van der Waals surface area contributed by atoms with Gasteiger partial charge >= 0.3 is 0 Å². The Morgan fingerprint density at radius 3 is 2.85 bits per heavy atom. The van der Waals surface area contributed by atoms with Crippen molar-refractivity contribution in [1.82, 2.24) is 9.78 Å². The lowest BCUT2D eigenvalue weighted by Gasteiger charge is -2.07. The number of nitrogens with zero attached hydrogens (tertiary/aromatic N) is 2. The quantitative estimate of drug-likeness (QED) is 0.832. The molecular formula is C15H16N4O. The highest BCUT2D eigenvalue weighted by Crippen LogP contribution is 2.15. The maximum absolute atomic E-state index is 12.0. The molecule has 102 valence electrons. The lowest BCUT2D eigenvalue weighted by Crippen LogP contribution is -2.20. The minimum absolute atomic E-state index is 0.115. The van der Waals surface area contributed by atoms with Crippen molar-refractivity contribution in [3.63, 3.8) is 0 Å². The molecule has 0 unspecified atom stereocenters. The van der Waals surface area contributed by atoms with Crippen molar-refractivity contribution in [2.45, 2.75) is 20.4 Å². The fourth-order valence-corrected chi connectivity index (χ4v) is 1.89. The van der Waals surface area contributed by atoms with Crippen LogP contribution in [0.25, 0.3) is 0 Å². The molecule has 0 bridgehead atoms. The van der Waals surface area contributed by atoms with Gasteiger partial charge in [0, 0.05) is 11.3 Å². The van der Waals surface area contributed by atoms with E-state index < -0.39 is 0 Å². The molecule has 2 aromatic rings. The van der Waals surface area contributed by atoms with Gasteiger partial charge in [-0.2, -0.15) is 5.10 Å². The largest absolute Gasteiger partial charge is 0.396 e. The van der Waals surface area contributed by atoms with E-state index in [1.54, 1.807) is 28.9 Å². The molecule has 0 saturated carbocycles. The maximum Gasteiger partial charge on any atom is 0.246 e. The van der Waals surface area contributed by atoms with Crippen LogP contribution in [-0.4, -0.2) is 15.7 Å². The molecule has 20 heavy (non-hydrogen) atoms. The van der Waals surface area contributed by atoms with E-state index in [9.17, 15) is 4.79 Å². The molecule has 2 rings (SSSR count). The fourth-order valence-electron chi connectivity index (χ4n) is 1.89. The number of amides is 1. The molecule has 1 aromatic heterocycles. The average molecular weight is 268 g/mol. The molecule has 0 spiro atoms. The first-order chi connectivity index (χ1) is 9.51. The number of rotatable bonds is 3. The molecule has 0 aliphatic carbocycles. The van der Waals surface area contributed by atoms with Crippen molar-refractivity contribution in [1.29, 1.82) is 0 Å². The zero-order valence-corrected chi connectivity index (χ0v) is 11.5. The summed E-state index contributed by atoms with van der Waals surface area (Å²) < 4.78 is 1.59. The first-order valence-corrected chi connectivity index (χ1v) is 6.17. The monoisotopic (exact) mass is 268 g/mol. The van der Waals surface area contributed by atoms with Crippen molar-refractivity contribution >= 4 is 17.3 Å². The van der Waals surface area contributed by atoms with Gasteiger partial charge < -0.3 is 11.1 Å². The van der Waals surface area contributed by atoms with Gasteiger partial charge in [0.2, 0.25) is 5.91 Å². The van der Waals surface area contributed by atoms with E-state index in [4.69, 9.17) is 12.2 Å². The Hall–Kier alpha value is -2.74. The Bertz CT molecular complexity index is 694. The molecule has 0 fully saturated rings. The summed E-state index contributed by atoms with van der Waals surface area (Å²) in [6.07, 6.45) is 5.32. The summed E-state index contributed by atoms with van der Waals surface area (Å²) in [5.74, 6) is 2.35. The van der Waals surface area contributed by atoms with Crippen LogP contribution < -0.4 is 11.1 Å². The zero-order chi connectivity index (χ0) is 14.7. The number of carbonyl (C=O) groups is 1. The Labute approximate surface area is 117 Å². The predicted molar refractivity (Wildman–Crippen MR) is 79.1 cm³/mol. The van der Waals surface area contributed by atoms with Crippen LogP contribution in [0.15, 0.2) is 24.3 Å². The number of terminal acetylenes is 1. The Kier molecular flexibility index (Phi) is 3.76. The first kappa shape index (κ1) is 13.7. The Morgan fingerprint density at radius 1 is 1.50 bits per heavy atom. The van der Waals surface area contributed by atoms with E-state index in [0.717, 1.165) is 17.0 Å². The van der Waals surface area contributed by atoms with Crippen LogP contribution in [0.5, 0.6) is 0 Å². The molecular weight excluding hydrogens is 252 g/mol. The lowest BCUT2D eigenvalue weighted by atomic mass is 10.2. The van der Waals surface area contributed by atoms with Crippen LogP contribution in [0, 0.1) is 26.2 Å². The highest BCUT2D eigenvalue weighted by Gasteiger charge is 2.11. The number of aromatic nitrogens is 2. The number of anilines is 2. The number of hydrogen-bond acceptors (Lipinski definition) is 3. The average Bonchev–Trinajstić information content (AvgIpc) is 2.66. The van der Waals surface area contributed by atoms with Crippen LogP contribution in [0.1, 0.15) is 17.0 Å². The number of benzene rings is 1. The second-order valence-corrected chi connectivity index (χ2v) is 4.52. The third-order valence-corrected chi connectivity index (χ3v) is 3.04. The summed E-state index contributed by atoms with van der Waals surface area (Å²) in [4.78, 5) is 12.0. The number of hydrogen-bond donors (Lipinski definition) is 2. The van der Waals surface area contributed by atoms with Crippen LogP contribution >= 0.6 is 0 Å². The summed E-state index contributed by atoms with van der Waals surface area (Å²) in [5, 5.41) is 7.01. The van der Waals surface area contributed by atoms with Gasteiger partial charge in [-0.05, 0) is 32.0 Å². The molecule has 0 aliphatic rings. The summed E-state index contributed by atoms with van der Waals surface area (Å²) in [6, 6.07) is 7.13. The van der Waals surface area contributed by atoms with Crippen LogP contribution in [0.2, 0.25) is 0 Å². The van der Waals surface area contributed by atoms with Gasteiger partial charge in [0.15, 0.2) is 0 Å². The van der Waals surface area contributed by atoms with Crippen LogP contribution in [0.4, 0.5) is 11.4 Å². The van der Waals surface area contributed by atoms with E-state index in [1.807, 2.05) is 13.8 Å². The Balaban J connectivity index is 2.09. The topological polar surface area (TPSA) is 72.9 Å². The smallest absolute Gasteiger partial charge is 0.246 e. The molecule has 0 atom stereocenters. The molecule has 0 saturated heterocycles. The maximum atomic E-state index is 12.0. The van der Waals surface area contributed by atoms with E-state index in [2.05, 4.69) is 16.3 Å². The van der Waals surface area contributed by atoms with Crippen molar-refractivity contribution in [3.8, 4) is 12.3 Å². The van der Waals surface area contributed by atoms with Crippen molar-refractivity contribution in [2.75, 3.05) is 11.1 Å². The number of carbonyl (C=O) groups excluding carboxylic acids is 1. The standard InChI is InChI=1S/C15H16N4O/c1-4-12-6-5-7-13(8-12)17-14(20)9-19-11(3)15(16)10(2)18-19/h1,5-8H,9,16H2,2-3H3,(H,17,20). The Morgan fingerprint density at radius 2 is 2.25 bits per heavy atom. The third kappa shape index (κ3) is 2.81. The minimum atomic E-state index is -0.176. The van der Waals surface area contributed by atoms with Gasteiger partial charge in [0.1, 0.15) is 6.54 Å². The highest BCUT2D eigenvalue weighted by atomic mass is 16.2. The molecule has 1 heterocycles. The fraction of sp³-hybridized carbons (Fsp3) is 0.200. The molecule has 5 nitrogen and oxygen atoms in total. The van der Waals surface area contributed by atoms with Crippen LogP contribution in [-0.2, 0) is 11.3 Å². The SMILES string of the molecule is C#Cc1cccc(NC(=O)Cn2nc(C)c(N)c2C)c1. The van der Waals surface area contributed by atoms with E-state index in [-0.39, 0.29) is 12.5 Å². The zero-order valence-electron chi connectivity index (χ0n) is 11.5. The summed E-state index contributed by atoms with van der Waals surface area (Å²) in [5.41, 5.74) is 9.35. The van der Waals surface area contributed by atoms with E-state index >= 15 is 0 Å². The third-order valence-electron chi connectivity index (χ3n) is 3.04. The second-order valence-electron chi connectivity index (χ2n) is 4.52. The van der Waals surface area contributed by atoms with Gasteiger partial charge in [-0.3, -0.25) is 9.48 Å². The van der Waals surface area contributed by atoms with Gasteiger partial charge in [0.05, 0.1) is 17.1 Å². The van der Waals surface area contributed by atoms with Crippen molar-refractivity contribution in [3.05, 3.63) is 41.2 Å². The van der Waals surface area contributed by atoms with Gasteiger partial charge in [-0.15, -0.1) is 6.42 Å². The molecule has 0 radical (unpaired) electrons. The summed E-state index contributed by atoms with van der Waals surface area (Å²) in [7, 11) is 0. The highest BCUT2D eigenvalue weighted by molar-refractivity contribution is 5.90. The number of nitrogens with one attached hydrogen (secondary N) is 1. The van der Waals surface area contributed by atoms with Crippen molar-refractivity contribution < 1.29 is 4.79 Å². The minimum Gasteiger partial charge on any atom is -0.396 e. The molecule has 3 N–H and O–H groups in total. The lowest BCUT2D eigenvalue weighted by molar-refractivity contribution is -0.116. The summed E-state index contributed by atoms with van der Waals surface area (Å²) in [6.45, 7) is 3.76. The molecule has 5 heteroatoms. The normalized spacial score (nSPS) is 10.1. The number of nitrogens with two attached hydrogens (primary N) is 1. The molecule has 0 aliphatic heterocycles. The van der Waals surface area contributed by atoms with Crippen LogP contribution in [0.3, 0.4) is 0 Å². The van der Waals surface area contributed by atoms with E-state index in [0.29, 0.717) is 11.4 Å². The van der Waals surface area contributed by atoms with Gasteiger partial charge in [0.25, 0.3) is 0 Å². The number of aryl methyl sites for hydroxylation is 1. The first-order valence-electron chi connectivity index (χ1n) is 6.17.